The lowest BCUT2D eigenvalue weighted by atomic mass is 10.0. The van der Waals surface area contributed by atoms with Gasteiger partial charge >= 0.3 is 0 Å². The Kier molecular flexibility index (Phi) is 4.49. The Morgan fingerprint density at radius 2 is 2.16 bits per heavy atom. The summed E-state index contributed by atoms with van der Waals surface area (Å²) in [5, 5.41) is 3.65. The molecule has 1 N–H and O–H groups in total. The average molecular weight is 260 g/mol. The molecule has 2 aliphatic rings. The number of rotatable bonds is 4. The summed E-state index contributed by atoms with van der Waals surface area (Å²) in [5.74, 6) is 0.760. The lowest BCUT2D eigenvalue weighted by Crippen LogP contribution is -2.52. The predicted molar refractivity (Wildman–Crippen MR) is 77.3 cm³/mol. The first-order chi connectivity index (χ1) is 9.40. The Morgan fingerprint density at radius 1 is 1.26 bits per heavy atom. The van der Waals surface area contributed by atoms with Crippen molar-refractivity contribution in [1.29, 1.82) is 0 Å². The van der Waals surface area contributed by atoms with Crippen LogP contribution >= 0.6 is 0 Å². The molecule has 3 nitrogen and oxygen atoms in total. The van der Waals surface area contributed by atoms with E-state index in [1.54, 1.807) is 0 Å². The third-order valence-electron chi connectivity index (χ3n) is 4.20. The molecule has 2 saturated heterocycles. The smallest absolute Gasteiger partial charge is 0.0507 e. The maximum absolute atomic E-state index is 5.48. The van der Waals surface area contributed by atoms with Gasteiger partial charge in [0.15, 0.2) is 0 Å². The van der Waals surface area contributed by atoms with E-state index in [9.17, 15) is 0 Å². The zero-order chi connectivity index (χ0) is 12.9. The van der Waals surface area contributed by atoms with Gasteiger partial charge in [0.1, 0.15) is 0 Å². The van der Waals surface area contributed by atoms with Gasteiger partial charge in [-0.05, 0) is 24.3 Å². The summed E-state index contributed by atoms with van der Waals surface area (Å²) >= 11 is 0. The second-order valence-corrected chi connectivity index (χ2v) is 5.83. The van der Waals surface area contributed by atoms with E-state index in [1.807, 2.05) is 0 Å². The predicted octanol–water partition coefficient (Wildman–Crippen LogP) is 1.54. The van der Waals surface area contributed by atoms with Gasteiger partial charge in [0.05, 0.1) is 6.61 Å². The van der Waals surface area contributed by atoms with E-state index in [2.05, 4.69) is 40.5 Å². The van der Waals surface area contributed by atoms with Gasteiger partial charge < -0.3 is 15.0 Å². The first kappa shape index (κ1) is 13.1. The Hall–Kier alpha value is -0.900. The molecule has 0 aromatic heterocycles. The molecule has 0 bridgehead atoms. The molecule has 0 saturated carbocycles. The maximum Gasteiger partial charge on any atom is 0.0507 e. The van der Waals surface area contributed by atoms with Crippen molar-refractivity contribution >= 4 is 0 Å². The van der Waals surface area contributed by atoms with Gasteiger partial charge in [0.25, 0.3) is 0 Å². The molecule has 0 amide bonds. The van der Waals surface area contributed by atoms with Crippen LogP contribution in [0.2, 0.25) is 0 Å². The van der Waals surface area contributed by atoms with Crippen LogP contribution in [-0.2, 0) is 11.2 Å². The molecule has 104 valence electrons. The first-order valence-electron chi connectivity index (χ1n) is 7.47. The van der Waals surface area contributed by atoms with Crippen molar-refractivity contribution in [3.63, 3.8) is 0 Å². The molecule has 0 spiro atoms. The summed E-state index contributed by atoms with van der Waals surface area (Å²) in [6.07, 6.45) is 2.38. The summed E-state index contributed by atoms with van der Waals surface area (Å²) in [5.41, 5.74) is 1.44. The van der Waals surface area contributed by atoms with Gasteiger partial charge in [-0.1, -0.05) is 30.3 Å². The summed E-state index contributed by atoms with van der Waals surface area (Å²) in [6.45, 7) is 6.61. The normalized spacial score (nSPS) is 28.6. The SMILES string of the molecule is c1ccc(CC2CN(CC3CCOC3)CCN2)cc1. The second-order valence-electron chi connectivity index (χ2n) is 5.83. The van der Waals surface area contributed by atoms with Crippen LogP contribution in [0.1, 0.15) is 12.0 Å². The molecule has 2 heterocycles. The number of benzene rings is 1. The highest BCUT2D eigenvalue weighted by Crippen LogP contribution is 2.15. The number of hydrogen-bond acceptors (Lipinski definition) is 3. The summed E-state index contributed by atoms with van der Waals surface area (Å²) in [7, 11) is 0. The minimum absolute atomic E-state index is 0.596. The van der Waals surface area contributed by atoms with Crippen molar-refractivity contribution in [3.8, 4) is 0 Å². The fourth-order valence-corrected chi connectivity index (χ4v) is 3.19. The third kappa shape index (κ3) is 3.78. The van der Waals surface area contributed by atoms with Crippen molar-refractivity contribution in [2.24, 2.45) is 5.92 Å². The minimum atomic E-state index is 0.596. The Morgan fingerprint density at radius 3 is 2.95 bits per heavy atom. The molecular weight excluding hydrogens is 236 g/mol. The number of ether oxygens (including phenoxy) is 1. The Labute approximate surface area is 115 Å². The van der Waals surface area contributed by atoms with Crippen LogP contribution in [0.4, 0.5) is 0 Å². The summed E-state index contributed by atoms with van der Waals surface area (Å²) in [4.78, 5) is 2.61. The van der Waals surface area contributed by atoms with E-state index in [0.29, 0.717) is 6.04 Å². The van der Waals surface area contributed by atoms with E-state index in [1.165, 1.54) is 31.6 Å². The highest BCUT2D eigenvalue weighted by atomic mass is 16.5. The van der Waals surface area contributed by atoms with Crippen LogP contribution in [0.3, 0.4) is 0 Å². The zero-order valence-corrected chi connectivity index (χ0v) is 11.6. The lowest BCUT2D eigenvalue weighted by Gasteiger charge is -2.35. The standard InChI is InChI=1S/C16H24N2O/c1-2-4-14(5-3-1)10-16-12-18(8-7-17-16)11-15-6-9-19-13-15/h1-5,15-17H,6-13H2. The zero-order valence-electron chi connectivity index (χ0n) is 11.6. The number of piperazine rings is 1. The van der Waals surface area contributed by atoms with Crippen LogP contribution in [0.15, 0.2) is 30.3 Å². The number of nitrogens with zero attached hydrogens (tertiary/aromatic N) is 1. The molecule has 1 aromatic carbocycles. The highest BCUT2D eigenvalue weighted by molar-refractivity contribution is 5.16. The Bertz CT molecular complexity index is 376. The topological polar surface area (TPSA) is 24.5 Å². The molecule has 2 fully saturated rings. The van der Waals surface area contributed by atoms with E-state index >= 15 is 0 Å². The Balaban J connectivity index is 1.50. The van der Waals surface area contributed by atoms with E-state index in [-0.39, 0.29) is 0 Å². The van der Waals surface area contributed by atoms with E-state index in [4.69, 9.17) is 4.74 Å². The first-order valence-corrected chi connectivity index (χ1v) is 7.47. The van der Waals surface area contributed by atoms with E-state index < -0.39 is 0 Å². The molecule has 19 heavy (non-hydrogen) atoms. The maximum atomic E-state index is 5.48. The fraction of sp³-hybridized carbons (Fsp3) is 0.625. The monoisotopic (exact) mass is 260 g/mol. The van der Waals surface area contributed by atoms with Crippen LogP contribution in [0.5, 0.6) is 0 Å². The van der Waals surface area contributed by atoms with Crippen molar-refractivity contribution in [2.75, 3.05) is 39.4 Å². The second kappa shape index (κ2) is 6.51. The quantitative estimate of drug-likeness (QED) is 0.889. The molecule has 0 radical (unpaired) electrons. The molecule has 3 heteroatoms. The average Bonchev–Trinajstić information content (AvgIpc) is 2.93. The lowest BCUT2D eigenvalue weighted by molar-refractivity contribution is 0.147. The molecular formula is C16H24N2O. The fourth-order valence-electron chi connectivity index (χ4n) is 3.19. The van der Waals surface area contributed by atoms with Crippen LogP contribution in [0.25, 0.3) is 0 Å². The molecule has 2 aliphatic heterocycles. The number of hydrogen-bond donors (Lipinski definition) is 1. The van der Waals surface area contributed by atoms with Crippen LogP contribution < -0.4 is 5.32 Å². The van der Waals surface area contributed by atoms with Crippen LogP contribution in [-0.4, -0.2) is 50.3 Å². The van der Waals surface area contributed by atoms with Crippen molar-refractivity contribution < 1.29 is 4.74 Å². The molecule has 2 unspecified atom stereocenters. The van der Waals surface area contributed by atoms with Crippen molar-refractivity contribution in [3.05, 3.63) is 35.9 Å². The van der Waals surface area contributed by atoms with Crippen molar-refractivity contribution in [1.82, 2.24) is 10.2 Å². The third-order valence-corrected chi connectivity index (χ3v) is 4.20. The van der Waals surface area contributed by atoms with E-state index in [0.717, 1.165) is 32.1 Å². The minimum Gasteiger partial charge on any atom is -0.381 e. The van der Waals surface area contributed by atoms with Crippen molar-refractivity contribution in [2.45, 2.75) is 18.9 Å². The van der Waals surface area contributed by atoms with Crippen LogP contribution in [0, 0.1) is 5.92 Å². The van der Waals surface area contributed by atoms with Gasteiger partial charge in [-0.25, -0.2) is 0 Å². The summed E-state index contributed by atoms with van der Waals surface area (Å²) in [6, 6.07) is 11.4. The van der Waals surface area contributed by atoms with Gasteiger partial charge in [0.2, 0.25) is 0 Å². The van der Waals surface area contributed by atoms with Gasteiger partial charge in [-0.3, -0.25) is 0 Å². The molecule has 1 aromatic rings. The number of nitrogens with one attached hydrogen (secondary N) is 1. The molecule has 0 aliphatic carbocycles. The van der Waals surface area contributed by atoms with Gasteiger partial charge in [0, 0.05) is 38.8 Å². The summed E-state index contributed by atoms with van der Waals surface area (Å²) < 4.78 is 5.48. The molecule has 3 rings (SSSR count). The highest BCUT2D eigenvalue weighted by Gasteiger charge is 2.24. The van der Waals surface area contributed by atoms with Gasteiger partial charge in [-0.2, -0.15) is 0 Å². The van der Waals surface area contributed by atoms with Gasteiger partial charge in [-0.15, -0.1) is 0 Å². The largest absolute Gasteiger partial charge is 0.381 e. The molecule has 2 atom stereocenters.